The van der Waals surface area contributed by atoms with Gasteiger partial charge in [-0.3, -0.25) is 0 Å². The topological polar surface area (TPSA) is 33.1 Å². The quantitative estimate of drug-likeness (QED) is 0.903. The molecule has 0 aliphatic heterocycles. The van der Waals surface area contributed by atoms with E-state index in [2.05, 4.69) is 20.9 Å². The first-order valence-corrected chi connectivity index (χ1v) is 7.38. The van der Waals surface area contributed by atoms with E-state index in [0.29, 0.717) is 6.42 Å². The Hall–Kier alpha value is -0.840. The molecule has 2 nitrogen and oxygen atoms in total. The number of nitrogens with zero attached hydrogens (tertiary/aromatic N) is 1. The van der Waals surface area contributed by atoms with Crippen molar-refractivity contribution in [3.63, 3.8) is 0 Å². The second kappa shape index (κ2) is 6.36. The maximum Gasteiger partial charge on any atom is 0.115 e. The van der Waals surface area contributed by atoms with E-state index >= 15 is 0 Å². The van der Waals surface area contributed by atoms with Gasteiger partial charge in [0.05, 0.1) is 10.6 Å². The Bertz CT molecular complexity index is 533. The Morgan fingerprint density at radius 3 is 2.78 bits per heavy atom. The molecule has 0 fully saturated rings. The molecule has 18 heavy (non-hydrogen) atoms. The molecule has 4 heteroatoms. The molecule has 0 spiro atoms. The van der Waals surface area contributed by atoms with Crippen LogP contribution >= 0.6 is 27.7 Å². The third kappa shape index (κ3) is 3.13. The zero-order valence-corrected chi connectivity index (χ0v) is 12.4. The van der Waals surface area contributed by atoms with Crippen LogP contribution in [0.1, 0.15) is 25.0 Å². The second-order valence-corrected chi connectivity index (χ2v) is 5.74. The van der Waals surface area contributed by atoms with E-state index in [1.165, 1.54) is 0 Å². The van der Waals surface area contributed by atoms with Crippen molar-refractivity contribution in [3.8, 4) is 0 Å². The normalized spacial score (nSPS) is 12.4. The summed E-state index contributed by atoms with van der Waals surface area (Å²) in [6, 6.07) is 11.8. The van der Waals surface area contributed by atoms with Crippen LogP contribution in [0, 0.1) is 0 Å². The van der Waals surface area contributed by atoms with Gasteiger partial charge in [0.15, 0.2) is 0 Å². The van der Waals surface area contributed by atoms with E-state index in [1.54, 1.807) is 18.0 Å². The number of halogens is 1. The van der Waals surface area contributed by atoms with Gasteiger partial charge in [-0.2, -0.15) is 0 Å². The van der Waals surface area contributed by atoms with Crippen molar-refractivity contribution >= 4 is 27.7 Å². The van der Waals surface area contributed by atoms with Gasteiger partial charge < -0.3 is 5.11 Å². The largest absolute Gasteiger partial charge is 0.388 e. The van der Waals surface area contributed by atoms with Crippen LogP contribution in [0.25, 0.3) is 0 Å². The van der Waals surface area contributed by atoms with Crippen LogP contribution in [0.2, 0.25) is 0 Å². The highest BCUT2D eigenvalue weighted by molar-refractivity contribution is 9.10. The fourth-order valence-electron chi connectivity index (χ4n) is 1.62. The molecule has 0 bridgehead atoms. The molecule has 94 valence electrons. The lowest BCUT2D eigenvalue weighted by molar-refractivity contribution is 0.171. The maximum atomic E-state index is 10.0. The molecule has 0 saturated carbocycles. The lowest BCUT2D eigenvalue weighted by Gasteiger charge is -2.13. The summed E-state index contributed by atoms with van der Waals surface area (Å²) in [6.45, 7) is 1.97. The third-order valence-corrected chi connectivity index (χ3v) is 4.61. The molecule has 0 aliphatic carbocycles. The summed E-state index contributed by atoms with van der Waals surface area (Å²) in [7, 11) is 0. The van der Waals surface area contributed by atoms with Gasteiger partial charge in [0.2, 0.25) is 0 Å². The summed E-state index contributed by atoms with van der Waals surface area (Å²) in [4.78, 5) is 5.38. The average molecular weight is 324 g/mol. The summed E-state index contributed by atoms with van der Waals surface area (Å²) in [5, 5.41) is 10.9. The van der Waals surface area contributed by atoms with Crippen molar-refractivity contribution in [2.75, 3.05) is 0 Å². The lowest BCUT2D eigenvalue weighted by atomic mass is 10.1. The molecule has 1 atom stereocenters. The van der Waals surface area contributed by atoms with Gasteiger partial charge >= 0.3 is 0 Å². The zero-order chi connectivity index (χ0) is 13.0. The summed E-state index contributed by atoms with van der Waals surface area (Å²) in [6.07, 6.45) is 2.06. The number of hydrogen-bond acceptors (Lipinski definition) is 3. The first-order valence-electron chi connectivity index (χ1n) is 5.77. The Kier molecular flexibility index (Phi) is 4.80. The van der Waals surface area contributed by atoms with Crippen LogP contribution in [0.15, 0.2) is 57.0 Å². The van der Waals surface area contributed by atoms with Gasteiger partial charge in [-0.05, 0) is 46.1 Å². The lowest BCUT2D eigenvalue weighted by Crippen LogP contribution is -1.97. The van der Waals surface area contributed by atoms with Crippen LogP contribution in [-0.4, -0.2) is 10.1 Å². The minimum absolute atomic E-state index is 0.420. The van der Waals surface area contributed by atoms with Gasteiger partial charge in [-0.15, -0.1) is 0 Å². The standard InChI is InChI=1S/C14H14BrNOS/c1-2-12(17)10-6-3-4-8-13(10)18-14-11(15)7-5-9-16-14/h3-9,12,17H,2H2,1H3/t12-/m1/s1. The summed E-state index contributed by atoms with van der Waals surface area (Å²) < 4.78 is 0.968. The van der Waals surface area contributed by atoms with Crippen LogP contribution in [0.4, 0.5) is 0 Å². The molecular formula is C14H14BrNOS. The number of aliphatic hydroxyl groups excluding tert-OH is 1. The molecule has 2 rings (SSSR count). The van der Waals surface area contributed by atoms with Gasteiger partial charge in [0, 0.05) is 11.1 Å². The van der Waals surface area contributed by atoms with Crippen LogP contribution < -0.4 is 0 Å². The number of aliphatic hydroxyl groups is 1. The SMILES string of the molecule is CC[C@@H](O)c1ccccc1Sc1ncccc1Br. The molecular weight excluding hydrogens is 310 g/mol. The van der Waals surface area contributed by atoms with E-state index in [1.807, 2.05) is 43.3 Å². The van der Waals surface area contributed by atoms with Crippen LogP contribution in [-0.2, 0) is 0 Å². The van der Waals surface area contributed by atoms with Crippen molar-refractivity contribution < 1.29 is 5.11 Å². The summed E-state index contributed by atoms with van der Waals surface area (Å²) >= 11 is 5.05. The van der Waals surface area contributed by atoms with E-state index < -0.39 is 6.10 Å². The molecule has 0 radical (unpaired) electrons. The van der Waals surface area contributed by atoms with Crippen molar-refractivity contribution in [1.82, 2.24) is 4.98 Å². The highest BCUT2D eigenvalue weighted by atomic mass is 79.9. The highest BCUT2D eigenvalue weighted by Crippen LogP contribution is 2.36. The smallest absolute Gasteiger partial charge is 0.115 e. The monoisotopic (exact) mass is 323 g/mol. The summed E-state index contributed by atoms with van der Waals surface area (Å²) in [5.41, 5.74) is 0.961. The van der Waals surface area contributed by atoms with Crippen LogP contribution in [0.5, 0.6) is 0 Å². The van der Waals surface area contributed by atoms with E-state index in [0.717, 1.165) is 20.0 Å². The minimum Gasteiger partial charge on any atom is -0.388 e. The molecule has 1 N–H and O–H groups in total. The number of pyridine rings is 1. The number of aromatic nitrogens is 1. The minimum atomic E-state index is -0.420. The van der Waals surface area contributed by atoms with Crippen LogP contribution in [0.3, 0.4) is 0 Å². The molecule has 0 saturated heterocycles. The molecule has 1 aromatic heterocycles. The second-order valence-electron chi connectivity index (χ2n) is 3.85. The molecule has 1 heterocycles. The Labute approximate surface area is 120 Å². The van der Waals surface area contributed by atoms with Crippen molar-refractivity contribution in [2.24, 2.45) is 0 Å². The fourth-order valence-corrected chi connectivity index (χ4v) is 3.07. The third-order valence-electron chi connectivity index (χ3n) is 2.60. The van der Waals surface area contributed by atoms with Crippen molar-refractivity contribution in [1.29, 1.82) is 0 Å². The Morgan fingerprint density at radius 2 is 2.06 bits per heavy atom. The first kappa shape index (κ1) is 13.6. The maximum absolute atomic E-state index is 10.0. The molecule has 1 aromatic carbocycles. The first-order chi connectivity index (χ1) is 8.72. The Balaban J connectivity index is 2.32. The van der Waals surface area contributed by atoms with Gasteiger partial charge in [-0.1, -0.05) is 36.9 Å². The zero-order valence-electron chi connectivity index (χ0n) is 10.0. The van der Waals surface area contributed by atoms with E-state index in [9.17, 15) is 5.11 Å². The van der Waals surface area contributed by atoms with Crippen molar-refractivity contribution in [3.05, 3.63) is 52.6 Å². The summed E-state index contributed by atoms with van der Waals surface area (Å²) in [5.74, 6) is 0. The van der Waals surface area contributed by atoms with Gasteiger partial charge in [0.25, 0.3) is 0 Å². The van der Waals surface area contributed by atoms with Gasteiger partial charge in [0.1, 0.15) is 5.03 Å². The molecule has 2 aromatic rings. The number of hydrogen-bond donors (Lipinski definition) is 1. The Morgan fingerprint density at radius 1 is 1.28 bits per heavy atom. The highest BCUT2D eigenvalue weighted by Gasteiger charge is 2.12. The average Bonchev–Trinajstić information content (AvgIpc) is 2.41. The molecule has 0 aliphatic rings. The predicted molar refractivity (Wildman–Crippen MR) is 77.8 cm³/mol. The molecule has 0 amide bonds. The fraction of sp³-hybridized carbons (Fsp3) is 0.214. The van der Waals surface area contributed by atoms with Gasteiger partial charge in [-0.25, -0.2) is 4.98 Å². The molecule has 0 unspecified atom stereocenters. The predicted octanol–water partition coefficient (Wildman–Crippen LogP) is 4.44. The van der Waals surface area contributed by atoms with E-state index in [4.69, 9.17) is 0 Å². The van der Waals surface area contributed by atoms with E-state index in [-0.39, 0.29) is 0 Å². The van der Waals surface area contributed by atoms with Crippen molar-refractivity contribution in [2.45, 2.75) is 29.4 Å². The number of rotatable bonds is 4. The number of benzene rings is 1.